The largest absolute Gasteiger partial charge is 0.485 e. The minimum Gasteiger partial charge on any atom is -0.485 e. The molecule has 0 unspecified atom stereocenters. The SMILES string of the molecule is CCC[C@@H](CO)[C@H]1C=Cc2cc(C)ccc2O1. The average molecular weight is 232 g/mol. The van der Waals surface area contributed by atoms with E-state index in [0.717, 1.165) is 24.2 Å². The zero-order chi connectivity index (χ0) is 12.3. The van der Waals surface area contributed by atoms with E-state index in [9.17, 15) is 5.11 Å². The molecule has 1 N–H and O–H groups in total. The van der Waals surface area contributed by atoms with Crippen molar-refractivity contribution >= 4 is 6.08 Å². The maximum atomic E-state index is 9.39. The molecule has 0 radical (unpaired) electrons. The molecule has 0 aliphatic carbocycles. The van der Waals surface area contributed by atoms with Gasteiger partial charge in [-0.05, 0) is 31.6 Å². The Morgan fingerprint density at radius 1 is 1.41 bits per heavy atom. The lowest BCUT2D eigenvalue weighted by Gasteiger charge is -2.27. The molecular formula is C15H20O2. The quantitative estimate of drug-likeness (QED) is 0.864. The number of ether oxygens (including phenoxy) is 1. The summed E-state index contributed by atoms with van der Waals surface area (Å²) in [5, 5.41) is 9.39. The van der Waals surface area contributed by atoms with Gasteiger partial charge in [-0.15, -0.1) is 0 Å². The molecule has 0 bridgehead atoms. The number of aliphatic hydroxyl groups is 1. The van der Waals surface area contributed by atoms with Crippen molar-refractivity contribution in [1.29, 1.82) is 0 Å². The van der Waals surface area contributed by atoms with E-state index >= 15 is 0 Å². The summed E-state index contributed by atoms with van der Waals surface area (Å²) in [5.41, 5.74) is 2.37. The second-order valence-corrected chi connectivity index (χ2v) is 4.71. The maximum absolute atomic E-state index is 9.39. The molecule has 1 aromatic carbocycles. The van der Waals surface area contributed by atoms with Crippen LogP contribution in [0.5, 0.6) is 5.75 Å². The summed E-state index contributed by atoms with van der Waals surface area (Å²) < 4.78 is 5.95. The van der Waals surface area contributed by atoms with Crippen LogP contribution in [0.3, 0.4) is 0 Å². The monoisotopic (exact) mass is 232 g/mol. The van der Waals surface area contributed by atoms with Crippen LogP contribution in [0.4, 0.5) is 0 Å². The number of fused-ring (bicyclic) bond motifs is 1. The van der Waals surface area contributed by atoms with Crippen molar-refractivity contribution in [3.8, 4) is 5.75 Å². The van der Waals surface area contributed by atoms with Gasteiger partial charge in [-0.3, -0.25) is 0 Å². The summed E-state index contributed by atoms with van der Waals surface area (Å²) in [6.45, 7) is 4.39. The summed E-state index contributed by atoms with van der Waals surface area (Å²) in [6, 6.07) is 6.19. The highest BCUT2D eigenvalue weighted by molar-refractivity contribution is 5.60. The van der Waals surface area contributed by atoms with Crippen molar-refractivity contribution < 1.29 is 9.84 Å². The minimum absolute atomic E-state index is 0.00940. The third-order valence-electron chi connectivity index (χ3n) is 3.25. The van der Waals surface area contributed by atoms with Gasteiger partial charge in [-0.1, -0.05) is 31.1 Å². The lowest BCUT2D eigenvalue weighted by Crippen LogP contribution is -2.29. The lowest BCUT2D eigenvalue weighted by molar-refractivity contribution is 0.110. The molecule has 0 fully saturated rings. The molecular weight excluding hydrogens is 212 g/mol. The van der Waals surface area contributed by atoms with Crippen LogP contribution in [0.25, 0.3) is 6.08 Å². The zero-order valence-electron chi connectivity index (χ0n) is 10.5. The number of hydrogen-bond acceptors (Lipinski definition) is 2. The maximum Gasteiger partial charge on any atom is 0.127 e. The van der Waals surface area contributed by atoms with Crippen LogP contribution in [0.15, 0.2) is 24.3 Å². The molecule has 1 aromatic rings. The molecule has 2 heteroatoms. The number of aryl methyl sites for hydroxylation is 1. The van der Waals surface area contributed by atoms with E-state index in [1.165, 1.54) is 5.56 Å². The normalized spacial score (nSPS) is 19.6. The van der Waals surface area contributed by atoms with Crippen molar-refractivity contribution in [1.82, 2.24) is 0 Å². The predicted octanol–water partition coefficient (Wildman–Crippen LogP) is 3.18. The Bertz CT molecular complexity index is 409. The first kappa shape index (κ1) is 12.2. The van der Waals surface area contributed by atoms with E-state index in [1.54, 1.807) is 0 Å². The fraction of sp³-hybridized carbons (Fsp3) is 0.467. The van der Waals surface area contributed by atoms with Gasteiger partial charge < -0.3 is 9.84 Å². The van der Waals surface area contributed by atoms with Crippen LogP contribution in [0.1, 0.15) is 30.9 Å². The zero-order valence-corrected chi connectivity index (χ0v) is 10.5. The Balaban J connectivity index is 2.16. The molecule has 92 valence electrons. The van der Waals surface area contributed by atoms with Crippen LogP contribution in [0.2, 0.25) is 0 Å². The first-order valence-corrected chi connectivity index (χ1v) is 6.31. The van der Waals surface area contributed by atoms with Crippen LogP contribution in [0, 0.1) is 12.8 Å². The molecule has 0 amide bonds. The van der Waals surface area contributed by atoms with Gasteiger partial charge in [0.2, 0.25) is 0 Å². The summed E-state index contributed by atoms with van der Waals surface area (Å²) in [5.74, 6) is 1.13. The Morgan fingerprint density at radius 3 is 2.94 bits per heavy atom. The first-order chi connectivity index (χ1) is 8.24. The molecule has 1 aliphatic rings. The molecule has 2 nitrogen and oxygen atoms in total. The number of hydrogen-bond donors (Lipinski definition) is 1. The van der Waals surface area contributed by atoms with Gasteiger partial charge in [0.25, 0.3) is 0 Å². The van der Waals surface area contributed by atoms with Gasteiger partial charge in [0.05, 0.1) is 0 Å². The molecule has 2 rings (SSSR count). The van der Waals surface area contributed by atoms with Gasteiger partial charge >= 0.3 is 0 Å². The lowest BCUT2D eigenvalue weighted by atomic mass is 9.95. The van der Waals surface area contributed by atoms with Crippen molar-refractivity contribution in [2.24, 2.45) is 5.92 Å². The van der Waals surface area contributed by atoms with Gasteiger partial charge in [-0.2, -0.15) is 0 Å². The predicted molar refractivity (Wildman–Crippen MR) is 70.1 cm³/mol. The van der Waals surface area contributed by atoms with Crippen LogP contribution < -0.4 is 4.74 Å². The Hall–Kier alpha value is -1.28. The van der Waals surface area contributed by atoms with Crippen molar-refractivity contribution in [3.63, 3.8) is 0 Å². The van der Waals surface area contributed by atoms with E-state index in [4.69, 9.17) is 4.74 Å². The number of rotatable bonds is 4. The highest BCUT2D eigenvalue weighted by Crippen LogP contribution is 2.30. The van der Waals surface area contributed by atoms with E-state index in [1.807, 2.05) is 6.07 Å². The van der Waals surface area contributed by atoms with Gasteiger partial charge in [0, 0.05) is 18.1 Å². The van der Waals surface area contributed by atoms with Crippen LogP contribution >= 0.6 is 0 Å². The molecule has 0 spiro atoms. The van der Waals surface area contributed by atoms with E-state index in [0.29, 0.717) is 0 Å². The topological polar surface area (TPSA) is 29.5 Å². The Kier molecular flexibility index (Phi) is 3.85. The van der Waals surface area contributed by atoms with Crippen molar-refractivity contribution in [2.45, 2.75) is 32.8 Å². The molecule has 0 aromatic heterocycles. The van der Waals surface area contributed by atoms with Gasteiger partial charge in [0.15, 0.2) is 0 Å². The third-order valence-corrected chi connectivity index (χ3v) is 3.25. The highest BCUT2D eigenvalue weighted by atomic mass is 16.5. The average Bonchev–Trinajstić information content (AvgIpc) is 2.35. The summed E-state index contributed by atoms with van der Waals surface area (Å²) in [7, 11) is 0. The van der Waals surface area contributed by atoms with Crippen molar-refractivity contribution in [2.75, 3.05) is 6.61 Å². The third kappa shape index (κ3) is 2.70. The van der Waals surface area contributed by atoms with Crippen LogP contribution in [-0.4, -0.2) is 17.8 Å². The van der Waals surface area contributed by atoms with Gasteiger partial charge in [-0.25, -0.2) is 0 Å². The van der Waals surface area contributed by atoms with Crippen molar-refractivity contribution in [3.05, 3.63) is 35.4 Å². The smallest absolute Gasteiger partial charge is 0.127 e. The number of benzene rings is 1. The van der Waals surface area contributed by atoms with Crippen LogP contribution in [-0.2, 0) is 0 Å². The fourth-order valence-corrected chi connectivity index (χ4v) is 2.27. The first-order valence-electron chi connectivity index (χ1n) is 6.31. The fourth-order valence-electron chi connectivity index (χ4n) is 2.27. The van der Waals surface area contributed by atoms with E-state index < -0.39 is 0 Å². The molecule has 1 heterocycles. The minimum atomic E-state index is 0.00940. The standard InChI is InChI=1S/C15H20O2/c1-3-4-13(10-16)15-8-6-12-9-11(2)5-7-14(12)17-15/h5-9,13,15-16H,3-4,10H2,1-2H3/t13-,15+/m0/s1. The Labute approximate surface area is 103 Å². The molecule has 0 saturated heterocycles. The second-order valence-electron chi connectivity index (χ2n) is 4.71. The molecule has 2 atom stereocenters. The molecule has 1 aliphatic heterocycles. The Morgan fingerprint density at radius 2 is 2.24 bits per heavy atom. The summed E-state index contributed by atoms with van der Waals surface area (Å²) in [4.78, 5) is 0. The van der Waals surface area contributed by atoms with E-state index in [-0.39, 0.29) is 18.6 Å². The molecule has 0 saturated carbocycles. The number of aliphatic hydroxyl groups excluding tert-OH is 1. The second kappa shape index (κ2) is 5.37. The summed E-state index contributed by atoms with van der Waals surface area (Å²) in [6.07, 6.45) is 6.25. The van der Waals surface area contributed by atoms with Gasteiger partial charge in [0.1, 0.15) is 11.9 Å². The van der Waals surface area contributed by atoms with E-state index in [2.05, 4.69) is 38.1 Å². The highest BCUT2D eigenvalue weighted by Gasteiger charge is 2.22. The summed E-state index contributed by atoms with van der Waals surface area (Å²) >= 11 is 0. The molecule has 17 heavy (non-hydrogen) atoms.